The largest absolute Gasteiger partial charge is 0.457 e. The van der Waals surface area contributed by atoms with Gasteiger partial charge in [0, 0.05) is 55.4 Å². The van der Waals surface area contributed by atoms with Crippen molar-refractivity contribution in [2.45, 2.75) is 5.41 Å². The molecule has 4 nitrogen and oxygen atoms in total. The third-order valence-electron chi connectivity index (χ3n) is 13.6. The Bertz CT molecular complexity index is 3810. The molecular weight excluding hydrogens is 769 g/mol. The Balaban J connectivity index is 1.05. The Morgan fingerprint density at radius 1 is 0.381 bits per heavy atom. The number of furan rings is 1. The van der Waals surface area contributed by atoms with Gasteiger partial charge in [-0.2, -0.15) is 0 Å². The highest BCUT2D eigenvalue weighted by Gasteiger charge is 2.49. The lowest BCUT2D eigenvalue weighted by Gasteiger charge is -2.45. The molecule has 0 radical (unpaired) electrons. The summed E-state index contributed by atoms with van der Waals surface area (Å²) in [5, 5.41) is 7.14. The van der Waals surface area contributed by atoms with E-state index in [2.05, 4.69) is 216 Å². The standard InChI is InChI=1S/C59H36N2O2/c1-2-16-38(17-3-1)60(41-29-32-44-43-18-4-8-24-52(43)61(53(44)36-41)39-30-33-55-47(34-39)45-19-5-9-25-54(45)62-55)40-28-31-42-46-20-12-14-37-15-13-23-50(58(37)46)59(51(42)35-40)48-21-6-10-26-56(48)63-57-27-11-7-22-49(57)59/h1-36H. The molecule has 0 bridgehead atoms. The molecule has 0 fully saturated rings. The molecule has 0 saturated carbocycles. The fourth-order valence-corrected chi connectivity index (χ4v) is 11.1. The van der Waals surface area contributed by atoms with Crippen LogP contribution < -0.4 is 9.64 Å². The molecule has 2 aromatic heterocycles. The molecule has 63 heavy (non-hydrogen) atoms. The SMILES string of the molecule is c1ccc(N(c2ccc3c(c2)C2(c4ccccc4Oc4ccccc42)c2cccc4cccc-3c24)c2ccc3c4ccccc4n(-c4ccc5oc6ccccc6c5c4)c3c2)cc1. The average Bonchev–Trinajstić information content (AvgIpc) is 3.88. The molecule has 3 heterocycles. The summed E-state index contributed by atoms with van der Waals surface area (Å²) in [6.45, 7) is 0. The predicted molar refractivity (Wildman–Crippen MR) is 258 cm³/mol. The van der Waals surface area contributed by atoms with E-state index in [1.54, 1.807) is 0 Å². The molecule has 0 N–H and O–H groups in total. The van der Waals surface area contributed by atoms with E-state index in [0.717, 1.165) is 78.3 Å². The van der Waals surface area contributed by atoms with E-state index in [0.29, 0.717) is 0 Å². The molecule has 0 atom stereocenters. The number of anilines is 3. The lowest BCUT2D eigenvalue weighted by atomic mass is 9.58. The highest BCUT2D eigenvalue weighted by molar-refractivity contribution is 6.12. The summed E-state index contributed by atoms with van der Waals surface area (Å²) < 4.78 is 15.4. The summed E-state index contributed by atoms with van der Waals surface area (Å²) in [6.07, 6.45) is 0. The predicted octanol–water partition coefficient (Wildman–Crippen LogP) is 15.8. The van der Waals surface area contributed by atoms with Crippen LogP contribution >= 0.6 is 0 Å². The van der Waals surface area contributed by atoms with Gasteiger partial charge < -0.3 is 18.6 Å². The smallest absolute Gasteiger partial charge is 0.135 e. The fraction of sp³-hybridized carbons (Fsp3) is 0.0169. The zero-order valence-corrected chi connectivity index (χ0v) is 34.0. The second-order valence-corrected chi connectivity index (χ2v) is 16.8. The van der Waals surface area contributed by atoms with E-state index in [1.807, 2.05) is 12.1 Å². The highest BCUT2D eigenvalue weighted by atomic mass is 16.5. The Morgan fingerprint density at radius 3 is 1.87 bits per heavy atom. The van der Waals surface area contributed by atoms with Crippen molar-refractivity contribution < 1.29 is 9.15 Å². The number of benzene rings is 10. The van der Waals surface area contributed by atoms with Crippen molar-refractivity contribution in [2.24, 2.45) is 0 Å². The number of para-hydroxylation sites is 5. The summed E-state index contributed by atoms with van der Waals surface area (Å²) in [6, 6.07) is 79.2. The van der Waals surface area contributed by atoms with E-state index in [1.165, 1.54) is 43.8 Å². The zero-order chi connectivity index (χ0) is 41.2. The van der Waals surface area contributed by atoms with Crippen LogP contribution in [0.4, 0.5) is 17.1 Å². The van der Waals surface area contributed by atoms with Gasteiger partial charge in [-0.15, -0.1) is 0 Å². The van der Waals surface area contributed by atoms with Gasteiger partial charge in [0.25, 0.3) is 0 Å². The Hall–Kier alpha value is -8.34. The summed E-state index contributed by atoms with van der Waals surface area (Å²) in [4.78, 5) is 2.42. The Kier molecular flexibility index (Phi) is 7.01. The van der Waals surface area contributed by atoms with Crippen LogP contribution in [0.25, 0.3) is 71.3 Å². The van der Waals surface area contributed by atoms with Gasteiger partial charge in [0.05, 0.1) is 16.4 Å². The van der Waals surface area contributed by atoms with Crippen LogP contribution in [-0.2, 0) is 5.41 Å². The molecular formula is C59H36N2O2. The molecule has 1 spiro atoms. The molecule has 0 amide bonds. The minimum atomic E-state index is -0.653. The number of ether oxygens (including phenoxy) is 1. The monoisotopic (exact) mass is 804 g/mol. The summed E-state index contributed by atoms with van der Waals surface area (Å²) in [7, 11) is 0. The minimum Gasteiger partial charge on any atom is -0.457 e. The van der Waals surface area contributed by atoms with E-state index >= 15 is 0 Å². The van der Waals surface area contributed by atoms with E-state index in [-0.39, 0.29) is 0 Å². The number of hydrogen-bond donors (Lipinski definition) is 0. The highest BCUT2D eigenvalue weighted by Crippen LogP contribution is 2.61. The minimum absolute atomic E-state index is 0.653. The first-order chi connectivity index (χ1) is 31.2. The topological polar surface area (TPSA) is 30.5 Å². The van der Waals surface area contributed by atoms with Crippen LogP contribution in [0, 0.1) is 0 Å². The molecule has 10 aromatic carbocycles. The third kappa shape index (κ3) is 4.69. The van der Waals surface area contributed by atoms with Crippen molar-refractivity contribution in [1.29, 1.82) is 0 Å². The van der Waals surface area contributed by atoms with Crippen molar-refractivity contribution in [3.8, 4) is 28.3 Å². The van der Waals surface area contributed by atoms with Gasteiger partial charge in [0.2, 0.25) is 0 Å². The number of hydrogen-bond acceptors (Lipinski definition) is 3. The fourth-order valence-electron chi connectivity index (χ4n) is 11.1. The summed E-state index contributed by atoms with van der Waals surface area (Å²) >= 11 is 0. The van der Waals surface area contributed by atoms with Gasteiger partial charge in [0.15, 0.2) is 0 Å². The third-order valence-corrected chi connectivity index (χ3v) is 13.6. The summed E-state index contributed by atoms with van der Waals surface area (Å²) in [5.74, 6) is 1.76. The molecule has 14 rings (SSSR count). The molecule has 294 valence electrons. The lowest BCUT2D eigenvalue weighted by molar-refractivity contribution is 0.435. The van der Waals surface area contributed by atoms with Gasteiger partial charge in [0.1, 0.15) is 22.7 Å². The van der Waals surface area contributed by atoms with Crippen LogP contribution in [0.2, 0.25) is 0 Å². The number of aromatic nitrogens is 1. The first kappa shape index (κ1) is 34.4. The maximum atomic E-state index is 6.76. The maximum absolute atomic E-state index is 6.76. The van der Waals surface area contributed by atoms with Crippen LogP contribution in [0.1, 0.15) is 22.3 Å². The molecule has 0 saturated heterocycles. The van der Waals surface area contributed by atoms with E-state index in [9.17, 15) is 0 Å². The molecule has 1 aliphatic heterocycles. The molecule has 0 unspecified atom stereocenters. The quantitative estimate of drug-likeness (QED) is 0.178. The van der Waals surface area contributed by atoms with Crippen LogP contribution in [0.5, 0.6) is 11.5 Å². The number of nitrogens with zero attached hydrogens (tertiary/aromatic N) is 2. The van der Waals surface area contributed by atoms with Crippen molar-refractivity contribution in [3.05, 3.63) is 241 Å². The van der Waals surface area contributed by atoms with Crippen molar-refractivity contribution in [1.82, 2.24) is 4.57 Å². The average molecular weight is 805 g/mol. The van der Waals surface area contributed by atoms with E-state index < -0.39 is 5.41 Å². The first-order valence-corrected chi connectivity index (χ1v) is 21.6. The van der Waals surface area contributed by atoms with Gasteiger partial charge in [-0.05, 0) is 112 Å². The van der Waals surface area contributed by atoms with Crippen molar-refractivity contribution >= 4 is 71.6 Å². The molecule has 4 heteroatoms. The molecule has 12 aromatic rings. The van der Waals surface area contributed by atoms with Crippen molar-refractivity contribution in [3.63, 3.8) is 0 Å². The molecule has 2 aliphatic rings. The van der Waals surface area contributed by atoms with Crippen molar-refractivity contribution in [2.75, 3.05) is 4.90 Å². The number of rotatable bonds is 4. The van der Waals surface area contributed by atoms with Crippen LogP contribution in [0.3, 0.4) is 0 Å². The van der Waals surface area contributed by atoms with Gasteiger partial charge >= 0.3 is 0 Å². The first-order valence-electron chi connectivity index (χ1n) is 21.6. The Labute approximate surface area is 363 Å². The Morgan fingerprint density at radius 2 is 1.03 bits per heavy atom. The zero-order valence-electron chi connectivity index (χ0n) is 34.0. The normalized spacial score (nSPS) is 13.3. The number of fused-ring (bicyclic) bond motifs is 14. The van der Waals surface area contributed by atoms with Gasteiger partial charge in [-0.1, -0.05) is 140 Å². The maximum Gasteiger partial charge on any atom is 0.135 e. The second kappa shape index (κ2) is 12.8. The van der Waals surface area contributed by atoms with E-state index in [4.69, 9.17) is 9.15 Å². The second-order valence-electron chi connectivity index (χ2n) is 16.8. The van der Waals surface area contributed by atoms with Gasteiger partial charge in [-0.3, -0.25) is 0 Å². The lowest BCUT2D eigenvalue weighted by Crippen LogP contribution is -2.36. The van der Waals surface area contributed by atoms with Gasteiger partial charge in [-0.25, -0.2) is 0 Å². The summed E-state index contributed by atoms with van der Waals surface area (Å²) in [5.41, 5.74) is 15.0. The van der Waals surface area contributed by atoms with Crippen LogP contribution in [0.15, 0.2) is 223 Å². The molecule has 1 aliphatic carbocycles. The van der Waals surface area contributed by atoms with Crippen LogP contribution in [-0.4, -0.2) is 4.57 Å².